The van der Waals surface area contributed by atoms with Gasteiger partial charge in [0.15, 0.2) is 12.4 Å². The van der Waals surface area contributed by atoms with Crippen LogP contribution < -0.4 is 5.56 Å². The van der Waals surface area contributed by atoms with Gasteiger partial charge < -0.3 is 14.0 Å². The van der Waals surface area contributed by atoms with Crippen LogP contribution in [0.5, 0.6) is 0 Å². The van der Waals surface area contributed by atoms with E-state index in [9.17, 15) is 14.2 Å². The van der Waals surface area contributed by atoms with Gasteiger partial charge in [0.25, 0.3) is 5.56 Å². The van der Waals surface area contributed by atoms with E-state index in [1.165, 1.54) is 0 Å². The zero-order valence-electron chi connectivity index (χ0n) is 23.1. The minimum atomic E-state index is -3.93. The summed E-state index contributed by atoms with van der Waals surface area (Å²) in [7, 11) is -3.93. The first kappa shape index (κ1) is 28.6. The number of esters is 1. The normalized spacial score (nSPS) is 17.9. The first-order valence-electron chi connectivity index (χ1n) is 13.9. The fourth-order valence-corrected chi connectivity index (χ4v) is 6.21. The molecule has 0 amide bonds. The Balaban J connectivity index is 1.47. The van der Waals surface area contributed by atoms with Gasteiger partial charge in [0.1, 0.15) is 6.61 Å². The molecule has 2 aliphatic heterocycles. The van der Waals surface area contributed by atoms with Crippen molar-refractivity contribution in [2.45, 2.75) is 71.6 Å². The van der Waals surface area contributed by atoms with Crippen molar-refractivity contribution in [2.24, 2.45) is 0 Å². The van der Waals surface area contributed by atoms with Crippen molar-refractivity contribution in [3.63, 3.8) is 0 Å². The van der Waals surface area contributed by atoms with Gasteiger partial charge in [0, 0.05) is 16.5 Å². The monoisotopic (exact) mass is 570 g/mol. The number of phosphoric acid groups is 1. The SMILES string of the molecule is CCCCOP(=O)(OCCCC)OCO[C@]1(CC)C(=O)OCc2c1cc1n(c2=O)Cc2cc3ccccc3nc2-1. The quantitative estimate of drug-likeness (QED) is 0.0849. The Morgan fingerprint density at radius 1 is 1.02 bits per heavy atom. The van der Waals surface area contributed by atoms with Crippen LogP contribution in [0.25, 0.3) is 22.3 Å². The van der Waals surface area contributed by atoms with Crippen LogP contribution in [0.15, 0.2) is 41.2 Å². The molecule has 4 heterocycles. The molecule has 0 aliphatic carbocycles. The number of unbranched alkanes of at least 4 members (excludes halogenated alkanes) is 2. The van der Waals surface area contributed by atoms with Crippen molar-refractivity contribution in [1.82, 2.24) is 9.55 Å². The van der Waals surface area contributed by atoms with E-state index in [1.807, 2.05) is 44.2 Å². The molecule has 40 heavy (non-hydrogen) atoms. The second-order valence-corrected chi connectivity index (χ2v) is 11.6. The van der Waals surface area contributed by atoms with Gasteiger partial charge in [-0.1, -0.05) is 51.8 Å². The Kier molecular flexibility index (Phi) is 8.54. The summed E-state index contributed by atoms with van der Waals surface area (Å²) in [4.78, 5) is 31.8. The van der Waals surface area contributed by atoms with E-state index >= 15 is 0 Å². The van der Waals surface area contributed by atoms with Crippen LogP contribution in [0.3, 0.4) is 0 Å². The van der Waals surface area contributed by atoms with Gasteiger partial charge in [0.2, 0.25) is 0 Å². The summed E-state index contributed by atoms with van der Waals surface area (Å²) in [5.41, 5.74) is 1.88. The summed E-state index contributed by atoms with van der Waals surface area (Å²) in [6, 6.07) is 11.6. The largest absolute Gasteiger partial charge is 0.476 e. The Morgan fingerprint density at radius 3 is 2.45 bits per heavy atom. The molecule has 0 saturated carbocycles. The lowest BCUT2D eigenvalue weighted by Gasteiger charge is -2.36. The molecule has 0 N–H and O–H groups in total. The number of hydrogen-bond donors (Lipinski definition) is 0. The van der Waals surface area contributed by atoms with Crippen LogP contribution in [-0.4, -0.2) is 35.5 Å². The molecule has 1 atom stereocenters. The molecule has 3 aromatic rings. The molecule has 0 saturated heterocycles. The number of nitrogens with zero attached hydrogens (tertiary/aromatic N) is 2. The topological polar surface area (TPSA) is 115 Å². The zero-order valence-corrected chi connectivity index (χ0v) is 24.0. The molecule has 0 radical (unpaired) electrons. The lowest BCUT2D eigenvalue weighted by Crippen LogP contribution is -2.46. The van der Waals surface area contributed by atoms with Crippen LogP contribution in [0.4, 0.5) is 0 Å². The van der Waals surface area contributed by atoms with Crippen LogP contribution in [0.1, 0.15) is 69.6 Å². The summed E-state index contributed by atoms with van der Waals surface area (Å²) >= 11 is 0. The Morgan fingerprint density at radius 2 is 1.75 bits per heavy atom. The molecule has 1 aromatic carbocycles. The molecule has 2 aliphatic rings. The van der Waals surface area contributed by atoms with E-state index in [0.29, 0.717) is 41.9 Å². The molecule has 0 fully saturated rings. The molecule has 11 heteroatoms. The number of benzene rings is 1. The third-order valence-corrected chi connectivity index (χ3v) is 8.81. The number of pyridine rings is 2. The minimum Gasteiger partial charge on any atom is -0.458 e. The maximum absolute atomic E-state index is 13.7. The maximum Gasteiger partial charge on any atom is 0.476 e. The van der Waals surface area contributed by atoms with Gasteiger partial charge in [-0.3, -0.25) is 18.4 Å². The van der Waals surface area contributed by atoms with Gasteiger partial charge in [-0.25, -0.2) is 14.3 Å². The van der Waals surface area contributed by atoms with Crippen molar-refractivity contribution >= 4 is 24.7 Å². The van der Waals surface area contributed by atoms with E-state index in [1.54, 1.807) is 17.6 Å². The third-order valence-electron chi connectivity index (χ3n) is 7.40. The molecule has 10 nitrogen and oxygen atoms in total. The third kappa shape index (κ3) is 5.27. The van der Waals surface area contributed by atoms with E-state index in [4.69, 9.17) is 28.0 Å². The number of para-hydroxylation sites is 1. The number of ether oxygens (including phenoxy) is 2. The van der Waals surface area contributed by atoms with Gasteiger partial charge in [-0.15, -0.1) is 0 Å². The van der Waals surface area contributed by atoms with Crippen molar-refractivity contribution in [1.29, 1.82) is 0 Å². The lowest BCUT2D eigenvalue weighted by atomic mass is 9.85. The number of carbonyl (C=O) groups excluding carboxylic acids is 1. The van der Waals surface area contributed by atoms with Gasteiger partial charge in [-0.2, -0.15) is 0 Å². The van der Waals surface area contributed by atoms with Crippen molar-refractivity contribution < 1.29 is 32.4 Å². The highest BCUT2D eigenvalue weighted by molar-refractivity contribution is 7.48. The van der Waals surface area contributed by atoms with Crippen LogP contribution in [-0.2, 0) is 51.2 Å². The first-order chi connectivity index (χ1) is 19.4. The summed E-state index contributed by atoms with van der Waals surface area (Å²) in [5, 5.41) is 0.987. The molecule has 214 valence electrons. The average Bonchev–Trinajstić information content (AvgIpc) is 3.31. The summed E-state index contributed by atoms with van der Waals surface area (Å²) < 4.78 is 42.9. The smallest absolute Gasteiger partial charge is 0.458 e. The van der Waals surface area contributed by atoms with Crippen LogP contribution >= 0.6 is 7.82 Å². The lowest BCUT2D eigenvalue weighted by molar-refractivity contribution is -0.193. The van der Waals surface area contributed by atoms with Gasteiger partial charge in [-0.05, 0) is 37.5 Å². The average molecular weight is 571 g/mol. The number of cyclic esters (lactones) is 1. The second-order valence-electron chi connectivity index (χ2n) is 9.97. The molecule has 0 bridgehead atoms. The maximum atomic E-state index is 13.7. The predicted molar refractivity (Wildman–Crippen MR) is 149 cm³/mol. The van der Waals surface area contributed by atoms with E-state index in [0.717, 1.165) is 29.3 Å². The first-order valence-corrected chi connectivity index (χ1v) is 15.3. The number of aromatic nitrogens is 2. The van der Waals surface area contributed by atoms with E-state index in [-0.39, 0.29) is 31.8 Å². The number of hydrogen-bond acceptors (Lipinski definition) is 9. The van der Waals surface area contributed by atoms with Crippen LogP contribution in [0, 0.1) is 0 Å². The summed E-state index contributed by atoms with van der Waals surface area (Å²) in [6.45, 7) is 5.79. The highest BCUT2D eigenvalue weighted by atomic mass is 31.2. The molecule has 0 unspecified atom stereocenters. The van der Waals surface area contributed by atoms with Gasteiger partial charge in [0.05, 0.1) is 42.2 Å². The zero-order chi connectivity index (χ0) is 28.3. The standard InChI is InChI=1S/C29H35N2O8P/c1-4-7-13-37-40(34,38-14-8-5-2)39-19-36-29(6-3)23-16-25-26-21(15-20-11-9-10-12-24(20)30-26)17-31(25)27(32)22(23)18-35-28(29)33/h9-12,15-16H,4-8,13-14,17-19H2,1-3H3/t29-/m0/s1. The fourth-order valence-electron chi connectivity index (χ4n) is 5.10. The minimum absolute atomic E-state index is 0.154. The number of rotatable bonds is 13. The molecular weight excluding hydrogens is 535 g/mol. The van der Waals surface area contributed by atoms with Crippen molar-refractivity contribution in [3.8, 4) is 11.4 Å². The fraction of sp³-hybridized carbons (Fsp3) is 0.483. The van der Waals surface area contributed by atoms with E-state index < -0.39 is 26.2 Å². The number of phosphoric ester groups is 1. The molecule has 5 rings (SSSR count). The second kappa shape index (κ2) is 11.9. The van der Waals surface area contributed by atoms with Crippen LogP contribution in [0.2, 0.25) is 0 Å². The molecular formula is C29H35N2O8P. The summed E-state index contributed by atoms with van der Waals surface area (Å²) in [6.07, 6.45) is 3.22. The van der Waals surface area contributed by atoms with Crippen molar-refractivity contribution in [2.75, 3.05) is 20.0 Å². The number of carbonyl (C=O) groups is 1. The predicted octanol–water partition coefficient (Wildman–Crippen LogP) is 5.82. The Bertz CT molecular complexity index is 1510. The highest BCUT2D eigenvalue weighted by Crippen LogP contribution is 2.50. The summed E-state index contributed by atoms with van der Waals surface area (Å²) in [5.74, 6) is -0.645. The Labute approximate surface area is 233 Å². The molecule has 0 spiro atoms. The number of fused-ring (bicyclic) bond motifs is 5. The van der Waals surface area contributed by atoms with Crippen molar-refractivity contribution in [3.05, 3.63) is 63.4 Å². The Hall–Kier alpha value is -2.88. The highest BCUT2D eigenvalue weighted by Gasteiger charge is 2.48. The molecule has 2 aromatic heterocycles. The van der Waals surface area contributed by atoms with Gasteiger partial charge >= 0.3 is 13.8 Å². The van der Waals surface area contributed by atoms with E-state index in [2.05, 4.69) is 0 Å².